The van der Waals surface area contributed by atoms with Crippen LogP contribution in [0, 0.1) is 11.8 Å². The summed E-state index contributed by atoms with van der Waals surface area (Å²) >= 11 is 0. The van der Waals surface area contributed by atoms with Crippen molar-refractivity contribution in [3.8, 4) is 0 Å². The molecule has 0 spiro atoms. The summed E-state index contributed by atoms with van der Waals surface area (Å²) in [5.41, 5.74) is 0. The normalized spacial score (nSPS) is 29.6. The lowest BCUT2D eigenvalue weighted by molar-refractivity contribution is -0.148. The summed E-state index contributed by atoms with van der Waals surface area (Å²) in [6.07, 6.45) is 3.25. The predicted molar refractivity (Wildman–Crippen MR) is 71.5 cm³/mol. The van der Waals surface area contributed by atoms with Gasteiger partial charge in [0.15, 0.2) is 0 Å². The highest BCUT2D eigenvalue weighted by molar-refractivity contribution is 5.74. The monoisotopic (exact) mass is 268 g/mol. The number of methoxy groups -OCH3 is 1. The van der Waals surface area contributed by atoms with E-state index in [0.717, 1.165) is 19.0 Å². The van der Waals surface area contributed by atoms with Gasteiger partial charge < -0.3 is 10.1 Å². The highest BCUT2D eigenvalue weighted by atomic mass is 16.5. The first-order chi connectivity index (χ1) is 9.01. The van der Waals surface area contributed by atoms with E-state index in [1.54, 1.807) is 0 Å². The number of carbonyl (C=O) groups excluding carboxylic acids is 2. The summed E-state index contributed by atoms with van der Waals surface area (Å²) in [6, 6.07) is 0.542. The van der Waals surface area contributed by atoms with E-state index in [0.29, 0.717) is 12.5 Å². The molecule has 5 heteroatoms. The van der Waals surface area contributed by atoms with Crippen molar-refractivity contribution in [2.75, 3.05) is 20.2 Å². The SMILES string of the molecule is COC(=O)C1CC(NC(C)=O)CN(C(C)C2CC2)C1. The predicted octanol–water partition coefficient (Wildman–Crippen LogP) is 0.785. The third kappa shape index (κ3) is 3.69. The van der Waals surface area contributed by atoms with Gasteiger partial charge in [0.05, 0.1) is 13.0 Å². The molecule has 108 valence electrons. The van der Waals surface area contributed by atoms with E-state index in [1.165, 1.54) is 26.9 Å². The number of amides is 1. The van der Waals surface area contributed by atoms with Crippen LogP contribution in [0.5, 0.6) is 0 Å². The van der Waals surface area contributed by atoms with Gasteiger partial charge in [-0.2, -0.15) is 0 Å². The molecule has 0 aromatic carbocycles. The molecule has 2 aliphatic rings. The second kappa shape index (κ2) is 5.90. The number of hydrogen-bond donors (Lipinski definition) is 1. The van der Waals surface area contributed by atoms with Crippen molar-refractivity contribution in [1.82, 2.24) is 10.2 Å². The maximum absolute atomic E-state index is 11.8. The van der Waals surface area contributed by atoms with Crippen LogP contribution >= 0.6 is 0 Å². The zero-order valence-corrected chi connectivity index (χ0v) is 12.0. The number of rotatable bonds is 4. The Labute approximate surface area is 114 Å². The quantitative estimate of drug-likeness (QED) is 0.766. The minimum absolute atomic E-state index is 0.0328. The number of esters is 1. The lowest BCUT2D eigenvalue weighted by atomic mass is 9.92. The zero-order valence-electron chi connectivity index (χ0n) is 12.0. The van der Waals surface area contributed by atoms with Gasteiger partial charge in [0.1, 0.15) is 0 Å². The number of carbonyl (C=O) groups is 2. The number of nitrogens with one attached hydrogen (secondary N) is 1. The Bertz CT molecular complexity index is 355. The first-order valence-corrected chi connectivity index (χ1v) is 7.10. The minimum atomic E-state index is -0.164. The van der Waals surface area contributed by atoms with E-state index in [1.807, 2.05) is 0 Å². The summed E-state index contributed by atoms with van der Waals surface area (Å²) in [7, 11) is 1.43. The Morgan fingerprint density at radius 2 is 2.00 bits per heavy atom. The van der Waals surface area contributed by atoms with Crippen LogP contribution in [0.1, 0.15) is 33.1 Å². The Balaban J connectivity index is 2.02. The Hall–Kier alpha value is -1.10. The van der Waals surface area contributed by atoms with Gasteiger partial charge in [-0.05, 0) is 32.1 Å². The van der Waals surface area contributed by atoms with E-state index < -0.39 is 0 Å². The molecular weight excluding hydrogens is 244 g/mol. The van der Waals surface area contributed by atoms with Crippen molar-refractivity contribution in [1.29, 1.82) is 0 Å². The third-order valence-corrected chi connectivity index (χ3v) is 4.30. The lowest BCUT2D eigenvalue weighted by Gasteiger charge is -2.40. The Morgan fingerprint density at radius 1 is 1.32 bits per heavy atom. The molecular formula is C14H24N2O3. The van der Waals surface area contributed by atoms with E-state index in [2.05, 4.69) is 17.1 Å². The van der Waals surface area contributed by atoms with Crippen LogP contribution in [0.2, 0.25) is 0 Å². The van der Waals surface area contributed by atoms with Crippen molar-refractivity contribution >= 4 is 11.9 Å². The highest BCUT2D eigenvalue weighted by Crippen LogP contribution is 2.36. The van der Waals surface area contributed by atoms with E-state index in [-0.39, 0.29) is 23.8 Å². The van der Waals surface area contributed by atoms with Gasteiger partial charge in [-0.15, -0.1) is 0 Å². The van der Waals surface area contributed by atoms with E-state index in [4.69, 9.17) is 4.74 Å². The van der Waals surface area contributed by atoms with Crippen LogP contribution in [0.15, 0.2) is 0 Å². The van der Waals surface area contributed by atoms with Gasteiger partial charge in [-0.25, -0.2) is 0 Å². The van der Waals surface area contributed by atoms with Crippen molar-refractivity contribution < 1.29 is 14.3 Å². The standard InChI is InChI=1S/C14H24N2O3/c1-9(11-4-5-11)16-7-12(14(18)19-3)6-13(8-16)15-10(2)17/h9,11-13H,4-8H2,1-3H3,(H,15,17). The van der Waals surface area contributed by atoms with Crippen LogP contribution in [0.25, 0.3) is 0 Å². The molecule has 0 radical (unpaired) electrons. The number of piperidine rings is 1. The fourth-order valence-corrected chi connectivity index (χ4v) is 3.07. The molecule has 5 nitrogen and oxygen atoms in total. The van der Waals surface area contributed by atoms with Gasteiger partial charge in [0.25, 0.3) is 0 Å². The van der Waals surface area contributed by atoms with Crippen molar-refractivity contribution in [2.24, 2.45) is 11.8 Å². The van der Waals surface area contributed by atoms with Crippen molar-refractivity contribution in [2.45, 2.75) is 45.2 Å². The highest BCUT2D eigenvalue weighted by Gasteiger charge is 2.39. The number of nitrogens with zero attached hydrogens (tertiary/aromatic N) is 1. The van der Waals surface area contributed by atoms with Crippen LogP contribution in [-0.2, 0) is 14.3 Å². The van der Waals surface area contributed by atoms with Crippen LogP contribution in [0.4, 0.5) is 0 Å². The number of ether oxygens (including phenoxy) is 1. The topological polar surface area (TPSA) is 58.6 Å². The summed E-state index contributed by atoms with van der Waals surface area (Å²) in [6.45, 7) is 5.34. The molecule has 0 bridgehead atoms. The molecule has 2 rings (SSSR count). The lowest BCUT2D eigenvalue weighted by Crippen LogP contribution is -2.54. The smallest absolute Gasteiger partial charge is 0.310 e. The first kappa shape index (κ1) is 14.3. The molecule has 0 aromatic rings. The molecule has 1 amide bonds. The van der Waals surface area contributed by atoms with Gasteiger partial charge in [0.2, 0.25) is 5.91 Å². The van der Waals surface area contributed by atoms with Crippen LogP contribution in [-0.4, -0.2) is 49.1 Å². The molecule has 3 unspecified atom stereocenters. The minimum Gasteiger partial charge on any atom is -0.469 e. The average molecular weight is 268 g/mol. The summed E-state index contributed by atoms with van der Waals surface area (Å²) in [4.78, 5) is 25.4. The van der Waals surface area contributed by atoms with Gasteiger partial charge in [0, 0.05) is 32.1 Å². The first-order valence-electron chi connectivity index (χ1n) is 7.10. The number of hydrogen-bond acceptors (Lipinski definition) is 4. The molecule has 1 saturated carbocycles. The fourth-order valence-electron chi connectivity index (χ4n) is 3.07. The van der Waals surface area contributed by atoms with E-state index >= 15 is 0 Å². The van der Waals surface area contributed by atoms with E-state index in [9.17, 15) is 9.59 Å². The molecule has 1 heterocycles. The summed E-state index contributed by atoms with van der Waals surface area (Å²) in [5, 5.41) is 2.95. The second-order valence-corrected chi connectivity index (χ2v) is 5.89. The van der Waals surface area contributed by atoms with Gasteiger partial charge >= 0.3 is 5.97 Å². The molecule has 1 aliphatic carbocycles. The summed E-state index contributed by atoms with van der Waals surface area (Å²) in [5.74, 6) is 0.434. The van der Waals surface area contributed by atoms with Crippen molar-refractivity contribution in [3.05, 3.63) is 0 Å². The maximum Gasteiger partial charge on any atom is 0.310 e. The number of likely N-dealkylation sites (tertiary alicyclic amines) is 1. The van der Waals surface area contributed by atoms with Gasteiger partial charge in [-0.3, -0.25) is 14.5 Å². The largest absolute Gasteiger partial charge is 0.469 e. The van der Waals surface area contributed by atoms with Crippen molar-refractivity contribution in [3.63, 3.8) is 0 Å². The van der Waals surface area contributed by atoms with Gasteiger partial charge in [-0.1, -0.05) is 0 Å². The average Bonchev–Trinajstić information content (AvgIpc) is 3.20. The molecule has 1 N–H and O–H groups in total. The third-order valence-electron chi connectivity index (χ3n) is 4.30. The molecule has 3 atom stereocenters. The zero-order chi connectivity index (χ0) is 14.0. The molecule has 2 fully saturated rings. The van der Waals surface area contributed by atoms with Crippen LogP contribution < -0.4 is 5.32 Å². The molecule has 1 aliphatic heterocycles. The molecule has 1 saturated heterocycles. The Morgan fingerprint density at radius 3 is 2.53 bits per heavy atom. The molecule has 0 aromatic heterocycles. The second-order valence-electron chi connectivity index (χ2n) is 5.89. The molecule has 19 heavy (non-hydrogen) atoms. The fraction of sp³-hybridized carbons (Fsp3) is 0.857. The summed E-state index contributed by atoms with van der Waals surface area (Å²) < 4.78 is 4.87. The maximum atomic E-state index is 11.8. The Kier molecular flexibility index (Phi) is 4.45. The van der Waals surface area contributed by atoms with Crippen LogP contribution in [0.3, 0.4) is 0 Å².